The van der Waals surface area contributed by atoms with Gasteiger partial charge in [0, 0.05) is 18.0 Å². The summed E-state index contributed by atoms with van der Waals surface area (Å²) < 4.78 is 10.2. The summed E-state index contributed by atoms with van der Waals surface area (Å²) in [5, 5.41) is 2.61. The van der Waals surface area contributed by atoms with Crippen molar-refractivity contribution in [1.29, 1.82) is 0 Å². The van der Waals surface area contributed by atoms with E-state index in [1.165, 1.54) is 6.26 Å². The zero-order chi connectivity index (χ0) is 19.3. The molecule has 28 heavy (non-hydrogen) atoms. The average molecular weight is 376 g/mol. The van der Waals surface area contributed by atoms with Crippen LogP contribution in [0.15, 0.2) is 65.5 Å². The molecule has 0 saturated carbocycles. The smallest absolute Gasteiger partial charge is 0.338 e. The van der Waals surface area contributed by atoms with Crippen molar-refractivity contribution in [3.05, 3.63) is 72.4 Å². The van der Waals surface area contributed by atoms with Gasteiger partial charge < -0.3 is 19.5 Å². The molecule has 1 aromatic carbocycles. The maximum Gasteiger partial charge on any atom is 0.338 e. The number of furan rings is 1. The Hall–Kier alpha value is -3.94. The summed E-state index contributed by atoms with van der Waals surface area (Å²) in [5.74, 6) is 0.276. The quantitative estimate of drug-likeness (QED) is 0.501. The Balaban J connectivity index is 1.39. The molecule has 0 atom stereocenters. The van der Waals surface area contributed by atoms with Crippen molar-refractivity contribution in [3.8, 4) is 11.4 Å². The highest BCUT2D eigenvalue weighted by Crippen LogP contribution is 2.20. The first-order valence-electron chi connectivity index (χ1n) is 8.55. The maximum atomic E-state index is 12.2. The van der Waals surface area contributed by atoms with Crippen LogP contribution in [0, 0.1) is 0 Å². The van der Waals surface area contributed by atoms with Gasteiger partial charge >= 0.3 is 5.97 Å². The lowest BCUT2D eigenvalue weighted by molar-refractivity contribution is -0.124. The van der Waals surface area contributed by atoms with Crippen molar-refractivity contribution in [1.82, 2.24) is 20.3 Å². The van der Waals surface area contributed by atoms with Crippen LogP contribution >= 0.6 is 0 Å². The van der Waals surface area contributed by atoms with Gasteiger partial charge in [0.25, 0.3) is 5.91 Å². The largest absolute Gasteiger partial charge is 0.467 e. The number of rotatable bonds is 6. The first-order valence-corrected chi connectivity index (χ1v) is 8.55. The second-order valence-electron chi connectivity index (χ2n) is 5.99. The number of aromatic nitrogens is 3. The summed E-state index contributed by atoms with van der Waals surface area (Å²) >= 11 is 0. The van der Waals surface area contributed by atoms with E-state index in [2.05, 4.69) is 20.3 Å². The van der Waals surface area contributed by atoms with E-state index in [0.29, 0.717) is 28.2 Å². The van der Waals surface area contributed by atoms with Gasteiger partial charge in [-0.25, -0.2) is 9.78 Å². The first kappa shape index (κ1) is 17.5. The summed E-state index contributed by atoms with van der Waals surface area (Å²) in [6.07, 6.45) is 4.91. The molecule has 4 aromatic rings. The Kier molecular flexibility index (Phi) is 4.83. The molecule has 4 rings (SSSR count). The van der Waals surface area contributed by atoms with Gasteiger partial charge in [0.15, 0.2) is 6.61 Å². The molecule has 1 amide bonds. The molecule has 0 spiro atoms. The molecule has 0 bridgehead atoms. The Bertz CT molecular complexity index is 1100. The molecule has 0 aliphatic rings. The van der Waals surface area contributed by atoms with Crippen molar-refractivity contribution in [2.24, 2.45) is 0 Å². The van der Waals surface area contributed by atoms with Crippen LogP contribution in [0.2, 0.25) is 0 Å². The number of pyridine rings is 1. The fraction of sp³-hybridized carbons (Fsp3) is 0.100. The Morgan fingerprint density at radius 2 is 2.11 bits per heavy atom. The fourth-order valence-electron chi connectivity index (χ4n) is 2.64. The van der Waals surface area contributed by atoms with Gasteiger partial charge in [0.1, 0.15) is 11.6 Å². The normalized spacial score (nSPS) is 10.7. The van der Waals surface area contributed by atoms with Gasteiger partial charge in [-0.2, -0.15) is 0 Å². The summed E-state index contributed by atoms with van der Waals surface area (Å²) in [6.45, 7) is -0.137. The third kappa shape index (κ3) is 3.90. The highest BCUT2D eigenvalue weighted by atomic mass is 16.5. The number of ether oxygens (including phenoxy) is 1. The number of esters is 1. The van der Waals surface area contributed by atoms with Crippen LogP contribution in [0.4, 0.5) is 0 Å². The Labute approximate surface area is 159 Å². The number of amides is 1. The zero-order valence-corrected chi connectivity index (χ0v) is 14.7. The van der Waals surface area contributed by atoms with Gasteiger partial charge in [0.2, 0.25) is 0 Å². The summed E-state index contributed by atoms with van der Waals surface area (Å²) in [6, 6.07) is 12.2. The number of imidazole rings is 1. The standard InChI is InChI=1S/C20H16N4O4/c25-18(22-11-15-4-2-8-27-15)12-28-20(26)13-5-6-16-17(9-13)24-19(23-16)14-3-1-7-21-10-14/h1-10H,11-12H2,(H,22,25)(H,23,24). The third-order valence-electron chi connectivity index (χ3n) is 4.03. The highest BCUT2D eigenvalue weighted by molar-refractivity contribution is 5.95. The number of benzene rings is 1. The molecule has 0 fully saturated rings. The van der Waals surface area contributed by atoms with Crippen LogP contribution in [0.1, 0.15) is 16.1 Å². The molecule has 2 N–H and O–H groups in total. The first-order chi connectivity index (χ1) is 13.7. The van der Waals surface area contributed by atoms with Crippen LogP contribution in [-0.4, -0.2) is 33.4 Å². The number of nitrogens with one attached hydrogen (secondary N) is 2. The number of nitrogens with zero attached hydrogens (tertiary/aromatic N) is 2. The monoisotopic (exact) mass is 376 g/mol. The van der Waals surface area contributed by atoms with Crippen molar-refractivity contribution in [2.75, 3.05) is 6.61 Å². The second kappa shape index (κ2) is 7.75. The minimum absolute atomic E-state index is 0.237. The molecule has 3 aromatic heterocycles. The molecule has 3 heterocycles. The summed E-state index contributed by atoms with van der Waals surface area (Å²) in [7, 11) is 0. The van der Waals surface area contributed by atoms with E-state index in [1.807, 2.05) is 12.1 Å². The zero-order valence-electron chi connectivity index (χ0n) is 14.7. The predicted molar refractivity (Wildman–Crippen MR) is 100 cm³/mol. The number of fused-ring (bicyclic) bond motifs is 1. The number of hydrogen-bond acceptors (Lipinski definition) is 6. The number of aromatic amines is 1. The Morgan fingerprint density at radius 1 is 1.18 bits per heavy atom. The summed E-state index contributed by atoms with van der Waals surface area (Å²) in [4.78, 5) is 35.7. The molecule has 8 nitrogen and oxygen atoms in total. The third-order valence-corrected chi connectivity index (χ3v) is 4.03. The lowest BCUT2D eigenvalue weighted by Gasteiger charge is -2.05. The summed E-state index contributed by atoms with van der Waals surface area (Å²) in [5.41, 5.74) is 2.57. The minimum Gasteiger partial charge on any atom is -0.467 e. The molecule has 140 valence electrons. The average Bonchev–Trinajstić information content (AvgIpc) is 3.40. The van der Waals surface area contributed by atoms with Gasteiger partial charge in [-0.3, -0.25) is 9.78 Å². The minimum atomic E-state index is -0.590. The van der Waals surface area contributed by atoms with Crippen LogP contribution in [0.5, 0.6) is 0 Å². The van der Waals surface area contributed by atoms with Crippen molar-refractivity contribution >= 4 is 22.9 Å². The molecule has 0 aliphatic carbocycles. The van der Waals surface area contributed by atoms with E-state index in [4.69, 9.17) is 9.15 Å². The van der Waals surface area contributed by atoms with Crippen molar-refractivity contribution < 1.29 is 18.7 Å². The van der Waals surface area contributed by atoms with Crippen molar-refractivity contribution in [3.63, 3.8) is 0 Å². The fourth-order valence-corrected chi connectivity index (χ4v) is 2.64. The topological polar surface area (TPSA) is 110 Å². The van der Waals surface area contributed by atoms with Gasteiger partial charge in [-0.15, -0.1) is 0 Å². The number of carbonyl (C=O) groups is 2. The molecule has 0 unspecified atom stereocenters. The molecule has 0 saturated heterocycles. The van der Waals surface area contributed by atoms with Crippen LogP contribution in [0.3, 0.4) is 0 Å². The van der Waals surface area contributed by atoms with Crippen LogP contribution in [-0.2, 0) is 16.1 Å². The van der Waals surface area contributed by atoms with E-state index in [1.54, 1.807) is 42.7 Å². The van der Waals surface area contributed by atoms with Crippen LogP contribution < -0.4 is 5.32 Å². The number of hydrogen-bond donors (Lipinski definition) is 2. The van der Waals surface area contributed by atoms with E-state index in [-0.39, 0.29) is 13.2 Å². The predicted octanol–water partition coefficient (Wildman–Crippen LogP) is 2.69. The van der Waals surface area contributed by atoms with E-state index < -0.39 is 11.9 Å². The molecule has 0 radical (unpaired) electrons. The highest BCUT2D eigenvalue weighted by Gasteiger charge is 2.13. The van der Waals surface area contributed by atoms with E-state index in [9.17, 15) is 9.59 Å². The van der Waals surface area contributed by atoms with Gasteiger partial charge in [-0.1, -0.05) is 0 Å². The molecule has 0 aliphatic heterocycles. The number of H-pyrrole nitrogens is 1. The molecular formula is C20H16N4O4. The maximum absolute atomic E-state index is 12.2. The van der Waals surface area contributed by atoms with Gasteiger partial charge in [0.05, 0.1) is 29.4 Å². The second-order valence-corrected chi connectivity index (χ2v) is 5.99. The SMILES string of the molecule is O=C(COC(=O)c1ccc2nc(-c3cccnc3)[nH]c2c1)NCc1ccco1. The lowest BCUT2D eigenvalue weighted by Crippen LogP contribution is -2.28. The van der Waals surface area contributed by atoms with E-state index >= 15 is 0 Å². The van der Waals surface area contributed by atoms with Crippen molar-refractivity contribution in [2.45, 2.75) is 6.54 Å². The Morgan fingerprint density at radius 3 is 2.89 bits per heavy atom. The molecular weight excluding hydrogens is 360 g/mol. The van der Waals surface area contributed by atoms with Crippen LogP contribution in [0.25, 0.3) is 22.4 Å². The van der Waals surface area contributed by atoms with Gasteiger partial charge in [-0.05, 0) is 42.5 Å². The number of carbonyl (C=O) groups excluding carboxylic acids is 2. The van der Waals surface area contributed by atoms with E-state index in [0.717, 1.165) is 5.56 Å². The lowest BCUT2D eigenvalue weighted by atomic mass is 10.2. The molecule has 8 heteroatoms.